The number of carbonyl (C=O) groups is 2. The number of carboxylic acid groups (broad SMARTS) is 2. The third kappa shape index (κ3) is 4.61. The van der Waals surface area contributed by atoms with Gasteiger partial charge in [0.15, 0.2) is 40.7 Å². The van der Waals surface area contributed by atoms with Gasteiger partial charge in [0.2, 0.25) is 17.6 Å². The molecule has 2 atom stereocenters. The SMILES string of the molecule is O=C(O)c1ccc(OC2=C(F)C(F)=C(F)C(Oc3ccc(C(=O)O)cc3)(c3cc(F)c(F)c(F)c3F)C2F)cc1. The van der Waals surface area contributed by atoms with Crippen LogP contribution in [0.4, 0.5) is 35.1 Å². The van der Waals surface area contributed by atoms with E-state index in [9.17, 15) is 35.9 Å². The van der Waals surface area contributed by atoms with Crippen LogP contribution >= 0.6 is 0 Å². The van der Waals surface area contributed by atoms with E-state index in [2.05, 4.69) is 0 Å². The van der Waals surface area contributed by atoms with Crippen LogP contribution in [0.5, 0.6) is 11.5 Å². The average molecular weight is 572 g/mol. The first kappa shape index (κ1) is 28.1. The minimum Gasteiger partial charge on any atom is -0.478 e. The molecule has 3 aromatic carbocycles. The fourth-order valence-electron chi connectivity index (χ4n) is 3.76. The van der Waals surface area contributed by atoms with Gasteiger partial charge in [-0.25, -0.2) is 40.3 Å². The number of alkyl halides is 1. The summed E-state index contributed by atoms with van der Waals surface area (Å²) >= 11 is 0. The zero-order valence-corrected chi connectivity index (χ0v) is 19.3. The minimum atomic E-state index is -3.93. The Balaban J connectivity index is 1.94. The van der Waals surface area contributed by atoms with Crippen LogP contribution in [0.15, 0.2) is 77.8 Å². The van der Waals surface area contributed by atoms with Crippen LogP contribution in [0.25, 0.3) is 0 Å². The molecule has 0 aliphatic heterocycles. The van der Waals surface area contributed by atoms with Gasteiger partial charge in [-0.2, -0.15) is 4.39 Å². The summed E-state index contributed by atoms with van der Waals surface area (Å²) in [4.78, 5) is 22.1. The van der Waals surface area contributed by atoms with Gasteiger partial charge in [0.25, 0.3) is 0 Å². The van der Waals surface area contributed by atoms with Crippen molar-refractivity contribution >= 4 is 11.9 Å². The summed E-state index contributed by atoms with van der Waals surface area (Å²) in [7, 11) is 0. The zero-order valence-electron chi connectivity index (χ0n) is 19.3. The Morgan fingerprint density at radius 3 is 1.70 bits per heavy atom. The molecule has 0 bridgehead atoms. The predicted octanol–water partition coefficient (Wildman–Crippen LogP) is 6.68. The second kappa shape index (κ2) is 10.4. The molecule has 2 unspecified atom stereocenters. The lowest BCUT2D eigenvalue weighted by Gasteiger charge is -2.39. The van der Waals surface area contributed by atoms with Gasteiger partial charge in [-0.05, 0) is 54.6 Å². The molecular formula is C26H12F8O6. The number of rotatable bonds is 7. The fraction of sp³-hybridized carbons (Fsp3) is 0.0769. The van der Waals surface area contributed by atoms with Crippen molar-refractivity contribution in [1.82, 2.24) is 0 Å². The van der Waals surface area contributed by atoms with Crippen LogP contribution in [0.1, 0.15) is 26.3 Å². The molecule has 40 heavy (non-hydrogen) atoms. The number of ether oxygens (including phenoxy) is 2. The third-order valence-electron chi connectivity index (χ3n) is 5.73. The van der Waals surface area contributed by atoms with Crippen molar-refractivity contribution in [2.24, 2.45) is 0 Å². The summed E-state index contributed by atoms with van der Waals surface area (Å²) in [5.41, 5.74) is -6.41. The number of hydrogen-bond acceptors (Lipinski definition) is 4. The Bertz CT molecular complexity index is 1580. The molecule has 0 saturated heterocycles. The van der Waals surface area contributed by atoms with E-state index in [1.165, 1.54) is 0 Å². The summed E-state index contributed by atoms with van der Waals surface area (Å²) in [6.45, 7) is 0. The number of aromatic carboxylic acids is 2. The number of benzene rings is 3. The molecule has 1 aliphatic carbocycles. The molecule has 0 spiro atoms. The average Bonchev–Trinajstić information content (AvgIpc) is 2.93. The molecule has 0 heterocycles. The van der Waals surface area contributed by atoms with Gasteiger partial charge in [-0.15, -0.1) is 0 Å². The molecule has 14 heteroatoms. The first-order chi connectivity index (χ1) is 18.8. The number of allylic oxidation sites excluding steroid dienone is 2. The minimum absolute atomic E-state index is 0.235. The molecule has 0 radical (unpaired) electrons. The van der Waals surface area contributed by atoms with Gasteiger partial charge in [-0.1, -0.05) is 0 Å². The van der Waals surface area contributed by atoms with E-state index < -0.39 is 87.3 Å². The van der Waals surface area contributed by atoms with Crippen molar-refractivity contribution in [3.8, 4) is 11.5 Å². The van der Waals surface area contributed by atoms with Crippen molar-refractivity contribution in [3.63, 3.8) is 0 Å². The number of carboxylic acids is 2. The smallest absolute Gasteiger partial charge is 0.335 e. The normalized spacial score (nSPS) is 19.1. The number of hydrogen-bond donors (Lipinski definition) is 2. The molecule has 208 valence electrons. The highest BCUT2D eigenvalue weighted by Crippen LogP contribution is 2.51. The first-order valence-electron chi connectivity index (χ1n) is 10.8. The summed E-state index contributed by atoms with van der Waals surface area (Å²) in [6.07, 6.45) is -3.48. The van der Waals surface area contributed by atoms with Crippen LogP contribution < -0.4 is 9.47 Å². The molecule has 0 amide bonds. The monoisotopic (exact) mass is 572 g/mol. The van der Waals surface area contributed by atoms with E-state index in [-0.39, 0.29) is 17.2 Å². The quantitative estimate of drug-likeness (QED) is 0.187. The Kier molecular flexibility index (Phi) is 7.28. The Morgan fingerprint density at radius 1 is 0.700 bits per heavy atom. The van der Waals surface area contributed by atoms with E-state index in [0.29, 0.717) is 0 Å². The summed E-state index contributed by atoms with van der Waals surface area (Å²) < 4.78 is 129. The standard InChI is InChI=1S/C26H12F8O6/c27-15-9-14(16(28)18(30)17(15)29)26(40-13-7-3-11(4-8-13)25(37)38)22(33)20(32)19(31)21(23(26)34)39-12-5-1-10(2-6-12)24(35)36/h1-9,23H,(H,35,36)(H,37,38). The van der Waals surface area contributed by atoms with Crippen molar-refractivity contribution in [3.05, 3.63) is 118 Å². The molecule has 0 fully saturated rings. The first-order valence-corrected chi connectivity index (χ1v) is 10.8. The van der Waals surface area contributed by atoms with Crippen LogP contribution in [-0.4, -0.2) is 28.3 Å². The van der Waals surface area contributed by atoms with Gasteiger partial charge in [0, 0.05) is 5.56 Å². The van der Waals surface area contributed by atoms with Crippen molar-refractivity contribution in [1.29, 1.82) is 0 Å². The van der Waals surface area contributed by atoms with E-state index in [0.717, 1.165) is 48.5 Å². The second-order valence-corrected chi connectivity index (χ2v) is 8.12. The van der Waals surface area contributed by atoms with E-state index in [1.54, 1.807) is 0 Å². The van der Waals surface area contributed by atoms with Gasteiger partial charge in [0.05, 0.1) is 11.1 Å². The Hall–Kier alpha value is -4.88. The Morgan fingerprint density at radius 2 is 1.20 bits per heavy atom. The molecule has 2 N–H and O–H groups in total. The van der Waals surface area contributed by atoms with Crippen LogP contribution in [0.2, 0.25) is 0 Å². The third-order valence-corrected chi connectivity index (χ3v) is 5.73. The maximum Gasteiger partial charge on any atom is 0.335 e. The van der Waals surface area contributed by atoms with Crippen LogP contribution in [0.3, 0.4) is 0 Å². The molecule has 4 rings (SSSR count). The summed E-state index contributed by atoms with van der Waals surface area (Å²) in [5, 5.41) is 18.0. The van der Waals surface area contributed by atoms with Gasteiger partial charge < -0.3 is 19.7 Å². The molecule has 6 nitrogen and oxygen atoms in total. The maximum atomic E-state index is 16.2. The van der Waals surface area contributed by atoms with Crippen LogP contribution in [-0.2, 0) is 5.60 Å². The van der Waals surface area contributed by atoms with E-state index >= 15 is 8.78 Å². The topological polar surface area (TPSA) is 93.1 Å². The molecule has 0 saturated carbocycles. The van der Waals surface area contributed by atoms with Gasteiger partial charge >= 0.3 is 11.9 Å². The molecule has 0 aromatic heterocycles. The molecule has 3 aromatic rings. The number of halogens is 8. The van der Waals surface area contributed by atoms with Crippen molar-refractivity contribution < 1.29 is 64.4 Å². The second-order valence-electron chi connectivity index (χ2n) is 8.12. The lowest BCUT2D eigenvalue weighted by Crippen LogP contribution is -2.49. The molecular weight excluding hydrogens is 560 g/mol. The maximum absolute atomic E-state index is 16.2. The highest BCUT2D eigenvalue weighted by Gasteiger charge is 2.59. The van der Waals surface area contributed by atoms with Crippen molar-refractivity contribution in [2.75, 3.05) is 0 Å². The van der Waals surface area contributed by atoms with Crippen molar-refractivity contribution in [2.45, 2.75) is 11.8 Å². The highest BCUT2D eigenvalue weighted by atomic mass is 19.2. The lowest BCUT2D eigenvalue weighted by atomic mass is 9.82. The summed E-state index contributed by atoms with van der Waals surface area (Å²) in [5.74, 6) is -22.8. The van der Waals surface area contributed by atoms with Crippen LogP contribution in [0, 0.1) is 23.3 Å². The van der Waals surface area contributed by atoms with E-state index in [1.807, 2.05) is 0 Å². The van der Waals surface area contributed by atoms with E-state index in [4.69, 9.17) is 19.7 Å². The zero-order chi connectivity index (χ0) is 29.5. The molecule has 1 aliphatic rings. The van der Waals surface area contributed by atoms with Gasteiger partial charge in [0.1, 0.15) is 11.5 Å². The lowest BCUT2D eigenvalue weighted by molar-refractivity contribution is -0.0137. The summed E-state index contributed by atoms with van der Waals surface area (Å²) in [6, 6.07) is 6.52. The Labute approximate surface area is 218 Å². The van der Waals surface area contributed by atoms with Gasteiger partial charge in [-0.3, -0.25) is 0 Å². The largest absolute Gasteiger partial charge is 0.478 e. The fourth-order valence-corrected chi connectivity index (χ4v) is 3.76. The highest BCUT2D eigenvalue weighted by molar-refractivity contribution is 5.88. The predicted molar refractivity (Wildman–Crippen MR) is 118 cm³/mol.